The van der Waals surface area contributed by atoms with Crippen molar-refractivity contribution < 1.29 is 9.53 Å². The summed E-state index contributed by atoms with van der Waals surface area (Å²) in [6, 6.07) is 8.71. The molecule has 0 fully saturated rings. The Hall–Kier alpha value is -1.35. The Morgan fingerprint density at radius 3 is 2.35 bits per heavy atom. The molecule has 3 heteroatoms. The SMILES string of the molecule is COC(=O)CCC(c1ccc(C)cc1)N(C)C. The highest BCUT2D eigenvalue weighted by molar-refractivity contribution is 5.69. The van der Waals surface area contributed by atoms with E-state index in [2.05, 4.69) is 40.8 Å². The van der Waals surface area contributed by atoms with Crippen molar-refractivity contribution in [3.05, 3.63) is 35.4 Å². The molecule has 0 heterocycles. The van der Waals surface area contributed by atoms with E-state index in [0.29, 0.717) is 6.42 Å². The summed E-state index contributed by atoms with van der Waals surface area (Å²) in [5.74, 6) is -0.149. The number of nitrogens with zero attached hydrogens (tertiary/aromatic N) is 1. The first-order valence-corrected chi connectivity index (χ1v) is 5.84. The van der Waals surface area contributed by atoms with Gasteiger partial charge in [0.2, 0.25) is 0 Å². The van der Waals surface area contributed by atoms with Crippen LogP contribution in [0, 0.1) is 6.92 Å². The zero-order valence-corrected chi connectivity index (χ0v) is 11.1. The number of aryl methyl sites for hydroxylation is 1. The van der Waals surface area contributed by atoms with Crippen molar-refractivity contribution in [1.29, 1.82) is 0 Å². The van der Waals surface area contributed by atoms with E-state index in [1.165, 1.54) is 18.2 Å². The lowest BCUT2D eigenvalue weighted by atomic mass is 10.00. The monoisotopic (exact) mass is 235 g/mol. The van der Waals surface area contributed by atoms with Crippen LogP contribution in [0.1, 0.15) is 30.0 Å². The second kappa shape index (κ2) is 6.40. The van der Waals surface area contributed by atoms with E-state index in [1.54, 1.807) is 0 Å². The summed E-state index contributed by atoms with van der Waals surface area (Å²) in [4.78, 5) is 13.3. The van der Waals surface area contributed by atoms with Gasteiger partial charge in [0.1, 0.15) is 0 Å². The summed E-state index contributed by atoms with van der Waals surface area (Å²) in [7, 11) is 5.49. The lowest BCUT2D eigenvalue weighted by molar-refractivity contribution is -0.141. The van der Waals surface area contributed by atoms with Crippen molar-refractivity contribution in [2.24, 2.45) is 0 Å². The maximum atomic E-state index is 11.2. The van der Waals surface area contributed by atoms with Gasteiger partial charge < -0.3 is 9.64 Å². The fourth-order valence-electron chi connectivity index (χ4n) is 1.87. The molecule has 0 amide bonds. The van der Waals surface area contributed by atoms with E-state index in [1.807, 2.05) is 14.1 Å². The van der Waals surface area contributed by atoms with E-state index in [0.717, 1.165) is 6.42 Å². The quantitative estimate of drug-likeness (QED) is 0.735. The van der Waals surface area contributed by atoms with E-state index < -0.39 is 0 Å². The lowest BCUT2D eigenvalue weighted by Crippen LogP contribution is -2.21. The van der Waals surface area contributed by atoms with Crippen molar-refractivity contribution in [2.75, 3.05) is 21.2 Å². The summed E-state index contributed by atoms with van der Waals surface area (Å²) < 4.78 is 4.68. The van der Waals surface area contributed by atoms with Crippen LogP contribution in [-0.2, 0) is 9.53 Å². The normalized spacial score (nSPS) is 12.5. The summed E-state index contributed by atoms with van der Waals surface area (Å²) >= 11 is 0. The molecule has 1 rings (SSSR count). The molecule has 0 radical (unpaired) electrons. The molecule has 0 aliphatic carbocycles. The number of hydrogen-bond donors (Lipinski definition) is 0. The highest BCUT2D eigenvalue weighted by atomic mass is 16.5. The molecule has 0 bridgehead atoms. The largest absolute Gasteiger partial charge is 0.469 e. The third-order valence-corrected chi connectivity index (χ3v) is 2.94. The van der Waals surface area contributed by atoms with Gasteiger partial charge in [-0.3, -0.25) is 4.79 Å². The predicted molar refractivity (Wildman–Crippen MR) is 68.9 cm³/mol. The molecule has 1 unspecified atom stereocenters. The van der Waals surface area contributed by atoms with Crippen LogP contribution < -0.4 is 0 Å². The van der Waals surface area contributed by atoms with Gasteiger partial charge in [0, 0.05) is 12.5 Å². The van der Waals surface area contributed by atoms with Crippen LogP contribution in [0.2, 0.25) is 0 Å². The van der Waals surface area contributed by atoms with Crippen molar-refractivity contribution in [3.63, 3.8) is 0 Å². The Morgan fingerprint density at radius 1 is 1.29 bits per heavy atom. The Balaban J connectivity index is 2.72. The summed E-state index contributed by atoms with van der Waals surface area (Å²) in [5.41, 5.74) is 2.49. The molecule has 3 nitrogen and oxygen atoms in total. The molecule has 0 aliphatic rings. The zero-order chi connectivity index (χ0) is 12.8. The summed E-state index contributed by atoms with van der Waals surface area (Å²) in [6.45, 7) is 2.07. The molecule has 0 aromatic heterocycles. The van der Waals surface area contributed by atoms with Crippen LogP contribution in [-0.4, -0.2) is 32.1 Å². The standard InChI is InChI=1S/C14H21NO2/c1-11-5-7-12(8-6-11)13(15(2)3)9-10-14(16)17-4/h5-8,13H,9-10H2,1-4H3. The second-order valence-corrected chi connectivity index (χ2v) is 4.50. The number of benzene rings is 1. The minimum absolute atomic E-state index is 0.149. The smallest absolute Gasteiger partial charge is 0.305 e. The van der Waals surface area contributed by atoms with Gasteiger partial charge in [-0.05, 0) is 33.0 Å². The molecule has 1 atom stereocenters. The number of ether oxygens (including phenoxy) is 1. The Bertz CT molecular complexity index is 357. The van der Waals surface area contributed by atoms with Crippen LogP contribution in [0.3, 0.4) is 0 Å². The van der Waals surface area contributed by atoms with Crippen molar-refractivity contribution in [1.82, 2.24) is 4.90 Å². The van der Waals surface area contributed by atoms with E-state index >= 15 is 0 Å². The molecule has 17 heavy (non-hydrogen) atoms. The third kappa shape index (κ3) is 4.19. The molecule has 0 spiro atoms. The Kier molecular flexibility index (Phi) is 5.16. The van der Waals surface area contributed by atoms with Gasteiger partial charge in [0.05, 0.1) is 7.11 Å². The van der Waals surface area contributed by atoms with Crippen LogP contribution in [0.15, 0.2) is 24.3 Å². The highest BCUT2D eigenvalue weighted by Gasteiger charge is 2.15. The van der Waals surface area contributed by atoms with Gasteiger partial charge in [-0.15, -0.1) is 0 Å². The second-order valence-electron chi connectivity index (χ2n) is 4.50. The van der Waals surface area contributed by atoms with E-state index in [9.17, 15) is 4.79 Å². The number of carbonyl (C=O) groups is 1. The van der Waals surface area contributed by atoms with Crippen LogP contribution in [0.5, 0.6) is 0 Å². The van der Waals surface area contributed by atoms with Crippen molar-refractivity contribution >= 4 is 5.97 Å². The summed E-state index contributed by atoms with van der Waals surface area (Å²) in [5, 5.41) is 0. The van der Waals surface area contributed by atoms with Gasteiger partial charge in [0.25, 0.3) is 0 Å². The van der Waals surface area contributed by atoms with Gasteiger partial charge in [-0.2, -0.15) is 0 Å². The van der Waals surface area contributed by atoms with Gasteiger partial charge in [-0.1, -0.05) is 29.8 Å². The molecule has 0 N–H and O–H groups in total. The van der Waals surface area contributed by atoms with E-state index in [4.69, 9.17) is 0 Å². The van der Waals surface area contributed by atoms with Crippen LogP contribution in [0.25, 0.3) is 0 Å². The first kappa shape index (κ1) is 13.7. The molecule has 0 saturated carbocycles. The molecule has 0 aliphatic heterocycles. The Morgan fingerprint density at radius 2 is 1.88 bits per heavy atom. The first-order valence-electron chi connectivity index (χ1n) is 5.84. The molecule has 1 aromatic carbocycles. The average Bonchev–Trinajstić information content (AvgIpc) is 2.31. The van der Waals surface area contributed by atoms with Crippen molar-refractivity contribution in [2.45, 2.75) is 25.8 Å². The minimum Gasteiger partial charge on any atom is -0.469 e. The van der Waals surface area contributed by atoms with Crippen LogP contribution >= 0.6 is 0 Å². The van der Waals surface area contributed by atoms with Gasteiger partial charge in [0.15, 0.2) is 0 Å². The number of rotatable bonds is 5. The lowest BCUT2D eigenvalue weighted by Gasteiger charge is -2.24. The van der Waals surface area contributed by atoms with Gasteiger partial charge >= 0.3 is 5.97 Å². The number of esters is 1. The maximum Gasteiger partial charge on any atom is 0.305 e. The molecular weight excluding hydrogens is 214 g/mol. The minimum atomic E-state index is -0.149. The maximum absolute atomic E-state index is 11.2. The average molecular weight is 235 g/mol. The highest BCUT2D eigenvalue weighted by Crippen LogP contribution is 2.23. The predicted octanol–water partition coefficient (Wildman–Crippen LogP) is 2.55. The zero-order valence-electron chi connectivity index (χ0n) is 11.1. The fraction of sp³-hybridized carbons (Fsp3) is 0.500. The van der Waals surface area contributed by atoms with Crippen LogP contribution in [0.4, 0.5) is 0 Å². The van der Waals surface area contributed by atoms with E-state index in [-0.39, 0.29) is 12.0 Å². The molecule has 1 aromatic rings. The molecule has 0 saturated heterocycles. The number of methoxy groups -OCH3 is 1. The summed E-state index contributed by atoms with van der Waals surface area (Å²) in [6.07, 6.45) is 1.23. The Labute approximate surface area is 103 Å². The first-order chi connectivity index (χ1) is 8.04. The topological polar surface area (TPSA) is 29.5 Å². The van der Waals surface area contributed by atoms with Crippen molar-refractivity contribution in [3.8, 4) is 0 Å². The van der Waals surface area contributed by atoms with Gasteiger partial charge in [-0.25, -0.2) is 0 Å². The molecular formula is C14H21NO2. The fourth-order valence-corrected chi connectivity index (χ4v) is 1.87. The number of carbonyl (C=O) groups excluding carboxylic acids is 1. The number of hydrogen-bond acceptors (Lipinski definition) is 3. The molecule has 94 valence electrons. The third-order valence-electron chi connectivity index (χ3n) is 2.94.